The van der Waals surface area contributed by atoms with Crippen LogP contribution in [0.15, 0.2) is 43.0 Å². The van der Waals surface area contributed by atoms with Gasteiger partial charge in [-0.2, -0.15) is 0 Å². The van der Waals surface area contributed by atoms with E-state index in [0.29, 0.717) is 24.8 Å². The molecule has 10 heteroatoms. The molecule has 2 aromatic heterocycles. The predicted octanol–water partition coefficient (Wildman–Crippen LogP) is 1.95. The average Bonchev–Trinajstić information content (AvgIpc) is 3.54. The molecule has 2 aliphatic heterocycles. The Balaban J connectivity index is 1.27. The summed E-state index contributed by atoms with van der Waals surface area (Å²) in [5, 5.41) is 0. The third kappa shape index (κ3) is 4.18. The number of ether oxygens (including phenoxy) is 2. The first-order valence-electron chi connectivity index (χ1n) is 10.6. The molecule has 0 saturated carbocycles. The minimum atomic E-state index is -0.0922. The number of benzene rings is 1. The van der Waals surface area contributed by atoms with Crippen molar-refractivity contribution in [2.75, 3.05) is 19.9 Å². The number of hydrogen-bond acceptors (Lipinski definition) is 7. The molecule has 1 amide bonds. The van der Waals surface area contributed by atoms with E-state index < -0.39 is 0 Å². The van der Waals surface area contributed by atoms with E-state index in [4.69, 9.17) is 22.4 Å². The normalized spacial score (nSPS) is 17.3. The summed E-state index contributed by atoms with van der Waals surface area (Å²) in [7, 11) is 6.19. The van der Waals surface area contributed by atoms with Crippen LogP contribution in [-0.4, -0.2) is 63.0 Å². The first-order chi connectivity index (χ1) is 15.6. The molecule has 1 saturated heterocycles. The molecule has 162 valence electrons. The number of aryl methyl sites for hydroxylation is 1. The van der Waals surface area contributed by atoms with Gasteiger partial charge >= 0.3 is 0 Å². The second-order valence-electron chi connectivity index (χ2n) is 8.04. The van der Waals surface area contributed by atoms with Gasteiger partial charge in [-0.25, -0.2) is 15.0 Å². The van der Waals surface area contributed by atoms with Gasteiger partial charge in [0.15, 0.2) is 19.5 Å². The standard InChI is InChI=1S/C22H23BN6O3/c1-15-9-17(26-22(25-15)27-8-6-24-13-27)18-3-2-7-29(18)21(30)12-28(23)11-16-4-5-19-20(10-16)32-14-31-19/h4-6,8-10,13,18H,2-3,7,11-12,14H2,1H3. The van der Waals surface area contributed by atoms with Crippen molar-refractivity contribution in [3.05, 3.63) is 59.9 Å². The lowest BCUT2D eigenvalue weighted by Crippen LogP contribution is -2.39. The lowest BCUT2D eigenvalue weighted by Gasteiger charge is -2.27. The van der Waals surface area contributed by atoms with Crippen molar-refractivity contribution in [1.82, 2.24) is 29.2 Å². The minimum Gasteiger partial charge on any atom is -0.454 e. The molecule has 32 heavy (non-hydrogen) atoms. The molecule has 4 heterocycles. The van der Waals surface area contributed by atoms with Crippen LogP contribution < -0.4 is 9.47 Å². The van der Waals surface area contributed by atoms with Crippen LogP contribution in [0.3, 0.4) is 0 Å². The van der Waals surface area contributed by atoms with Gasteiger partial charge in [0.25, 0.3) is 0 Å². The maximum Gasteiger partial charge on any atom is 0.236 e. The molecule has 2 aliphatic rings. The number of carbonyl (C=O) groups excluding carboxylic acids is 1. The van der Waals surface area contributed by atoms with Crippen LogP contribution in [0.25, 0.3) is 5.95 Å². The Morgan fingerprint density at radius 1 is 1.25 bits per heavy atom. The van der Waals surface area contributed by atoms with Crippen molar-refractivity contribution >= 4 is 13.9 Å². The summed E-state index contributed by atoms with van der Waals surface area (Å²) < 4.78 is 12.5. The molecule has 1 fully saturated rings. The van der Waals surface area contributed by atoms with E-state index in [1.165, 1.54) is 4.81 Å². The average molecular weight is 430 g/mol. The van der Waals surface area contributed by atoms with Crippen molar-refractivity contribution < 1.29 is 14.3 Å². The number of rotatable bonds is 6. The zero-order valence-corrected chi connectivity index (χ0v) is 17.8. The number of hydrogen-bond donors (Lipinski definition) is 0. The third-order valence-corrected chi connectivity index (χ3v) is 5.67. The minimum absolute atomic E-state index is 0.0174. The first kappa shape index (κ1) is 20.5. The van der Waals surface area contributed by atoms with Gasteiger partial charge in [-0.15, -0.1) is 0 Å². The number of imidazole rings is 1. The van der Waals surface area contributed by atoms with E-state index in [2.05, 4.69) is 9.97 Å². The van der Waals surface area contributed by atoms with Crippen LogP contribution in [0.2, 0.25) is 0 Å². The molecule has 0 spiro atoms. The third-order valence-electron chi connectivity index (χ3n) is 5.67. The van der Waals surface area contributed by atoms with Gasteiger partial charge in [-0.05, 0) is 43.5 Å². The summed E-state index contributed by atoms with van der Waals surface area (Å²) in [5.41, 5.74) is 2.64. The van der Waals surface area contributed by atoms with Crippen molar-refractivity contribution in [2.45, 2.75) is 32.4 Å². The maximum atomic E-state index is 13.1. The molecule has 5 rings (SSSR count). The Labute approximate surface area is 187 Å². The zero-order valence-electron chi connectivity index (χ0n) is 17.8. The van der Waals surface area contributed by atoms with Gasteiger partial charge in [0.05, 0.1) is 18.3 Å². The van der Waals surface area contributed by atoms with Crippen molar-refractivity contribution in [3.8, 4) is 17.4 Å². The van der Waals surface area contributed by atoms with Crippen LogP contribution in [0.4, 0.5) is 0 Å². The largest absolute Gasteiger partial charge is 0.454 e. The lowest BCUT2D eigenvalue weighted by atomic mass is 10.1. The molecule has 1 unspecified atom stereocenters. The number of amides is 1. The predicted molar refractivity (Wildman–Crippen MR) is 116 cm³/mol. The molecule has 0 N–H and O–H groups in total. The van der Waals surface area contributed by atoms with Crippen LogP contribution in [0.5, 0.6) is 11.5 Å². The first-order valence-corrected chi connectivity index (χ1v) is 10.6. The number of aromatic nitrogens is 4. The monoisotopic (exact) mass is 430 g/mol. The van der Waals surface area contributed by atoms with Gasteiger partial charge < -0.3 is 19.2 Å². The van der Waals surface area contributed by atoms with Gasteiger partial charge in [0.2, 0.25) is 18.6 Å². The molecule has 1 aromatic carbocycles. The van der Waals surface area contributed by atoms with E-state index in [9.17, 15) is 4.79 Å². The molecule has 3 aromatic rings. The second kappa shape index (κ2) is 8.62. The summed E-state index contributed by atoms with van der Waals surface area (Å²) in [6.45, 7) is 3.39. The number of likely N-dealkylation sites (tertiary alicyclic amines) is 1. The Kier molecular flexibility index (Phi) is 5.52. The number of nitrogens with zero attached hydrogens (tertiary/aromatic N) is 6. The number of carbonyl (C=O) groups is 1. The van der Waals surface area contributed by atoms with E-state index in [-0.39, 0.29) is 25.3 Å². The van der Waals surface area contributed by atoms with Gasteiger partial charge in [-0.1, -0.05) is 6.07 Å². The van der Waals surface area contributed by atoms with Gasteiger partial charge in [-0.3, -0.25) is 9.36 Å². The van der Waals surface area contributed by atoms with Crippen LogP contribution in [-0.2, 0) is 11.3 Å². The van der Waals surface area contributed by atoms with Crippen LogP contribution in [0, 0.1) is 6.92 Å². The van der Waals surface area contributed by atoms with Crippen LogP contribution >= 0.6 is 0 Å². The van der Waals surface area contributed by atoms with Crippen molar-refractivity contribution in [3.63, 3.8) is 0 Å². The Morgan fingerprint density at radius 2 is 2.12 bits per heavy atom. The SMILES string of the molecule is [B]N(CC(=O)N1CCCC1c1cc(C)nc(-n2ccnc2)n1)Cc1ccc2c(c1)OCO2. The maximum absolute atomic E-state index is 13.1. The lowest BCUT2D eigenvalue weighted by molar-refractivity contribution is -0.132. The molecular formula is C22H23BN6O3. The molecule has 9 nitrogen and oxygen atoms in total. The quantitative estimate of drug-likeness (QED) is 0.553. The highest BCUT2D eigenvalue weighted by molar-refractivity contribution is 6.06. The molecule has 2 radical (unpaired) electrons. The van der Waals surface area contributed by atoms with Crippen molar-refractivity contribution in [1.29, 1.82) is 0 Å². The Morgan fingerprint density at radius 3 is 2.97 bits per heavy atom. The molecule has 0 bridgehead atoms. The highest BCUT2D eigenvalue weighted by Crippen LogP contribution is 2.33. The Bertz CT molecular complexity index is 1120. The smallest absolute Gasteiger partial charge is 0.236 e. The van der Waals surface area contributed by atoms with E-state index in [1.807, 2.05) is 36.1 Å². The number of fused-ring (bicyclic) bond motifs is 1. The fourth-order valence-corrected chi connectivity index (χ4v) is 4.21. The van der Waals surface area contributed by atoms with Gasteiger partial charge in [0.1, 0.15) is 6.33 Å². The van der Waals surface area contributed by atoms with E-state index in [1.54, 1.807) is 23.3 Å². The highest BCUT2D eigenvalue weighted by atomic mass is 16.7. The summed E-state index contributed by atoms with van der Waals surface area (Å²) in [5.74, 6) is 1.97. The highest BCUT2D eigenvalue weighted by Gasteiger charge is 2.31. The van der Waals surface area contributed by atoms with Crippen molar-refractivity contribution in [2.24, 2.45) is 0 Å². The summed E-state index contributed by atoms with van der Waals surface area (Å²) in [6, 6.07) is 7.54. The second-order valence-corrected chi connectivity index (χ2v) is 8.04. The molecule has 1 atom stereocenters. The van der Waals surface area contributed by atoms with E-state index >= 15 is 0 Å². The summed E-state index contributed by atoms with van der Waals surface area (Å²) >= 11 is 0. The molecular weight excluding hydrogens is 407 g/mol. The molecule has 0 aliphatic carbocycles. The zero-order chi connectivity index (χ0) is 22.1. The Hall–Kier alpha value is -3.40. The van der Waals surface area contributed by atoms with Crippen LogP contribution in [0.1, 0.15) is 35.8 Å². The fraction of sp³-hybridized carbons (Fsp3) is 0.364. The summed E-state index contributed by atoms with van der Waals surface area (Å²) in [6.07, 6.45) is 6.94. The topological polar surface area (TPSA) is 85.6 Å². The fourth-order valence-electron chi connectivity index (χ4n) is 4.21. The van der Waals surface area contributed by atoms with Gasteiger partial charge in [0, 0.05) is 31.2 Å². The summed E-state index contributed by atoms with van der Waals surface area (Å²) in [4.78, 5) is 29.8. The van der Waals surface area contributed by atoms with E-state index in [0.717, 1.165) is 35.5 Å².